The van der Waals surface area contributed by atoms with Crippen LogP contribution in [0.3, 0.4) is 0 Å². The Morgan fingerprint density at radius 1 is 1.20 bits per heavy atom. The molecule has 20 heavy (non-hydrogen) atoms. The Morgan fingerprint density at radius 2 is 1.75 bits per heavy atom. The third-order valence-electron chi connectivity index (χ3n) is 2.90. The lowest BCUT2D eigenvalue weighted by Gasteiger charge is -2.26. The first-order valence-electron chi connectivity index (χ1n) is 6.95. The number of halogens is 1. The van der Waals surface area contributed by atoms with Gasteiger partial charge in [0.25, 0.3) is 0 Å². The van der Waals surface area contributed by atoms with Crippen LogP contribution in [0.2, 0.25) is 0 Å². The van der Waals surface area contributed by atoms with Gasteiger partial charge in [-0.2, -0.15) is 4.39 Å². The van der Waals surface area contributed by atoms with Crippen molar-refractivity contribution >= 4 is 5.69 Å². The highest BCUT2D eigenvalue weighted by atomic mass is 19.1. The molecule has 0 atom stereocenters. The summed E-state index contributed by atoms with van der Waals surface area (Å²) in [6.07, 6.45) is 0. The molecule has 0 heterocycles. The van der Waals surface area contributed by atoms with E-state index in [2.05, 4.69) is 32.6 Å². The molecule has 0 bridgehead atoms. The molecule has 0 aliphatic heterocycles. The van der Waals surface area contributed by atoms with Gasteiger partial charge in [0.1, 0.15) is 0 Å². The Bertz CT molecular complexity index is 451. The summed E-state index contributed by atoms with van der Waals surface area (Å²) in [6, 6.07) is 4.36. The van der Waals surface area contributed by atoms with E-state index >= 15 is 0 Å². The first kappa shape index (κ1) is 16.6. The third-order valence-corrected chi connectivity index (χ3v) is 2.90. The number of nitro benzene ring substituents is 1. The zero-order chi connectivity index (χ0) is 15.3. The number of rotatable bonds is 7. The SMILES string of the molecule is CC(C)CN(Cc1cccc([N+](=O)[O-])c1F)CC(C)C. The van der Waals surface area contributed by atoms with Crippen molar-refractivity contribution in [2.24, 2.45) is 11.8 Å². The fourth-order valence-electron chi connectivity index (χ4n) is 2.31. The normalized spacial score (nSPS) is 11.6. The second-order valence-corrected chi connectivity index (χ2v) is 5.99. The van der Waals surface area contributed by atoms with Crippen molar-refractivity contribution in [1.29, 1.82) is 0 Å². The van der Waals surface area contributed by atoms with E-state index in [4.69, 9.17) is 0 Å². The van der Waals surface area contributed by atoms with E-state index in [0.29, 0.717) is 23.9 Å². The van der Waals surface area contributed by atoms with E-state index in [1.165, 1.54) is 6.07 Å². The third kappa shape index (κ3) is 4.89. The minimum Gasteiger partial charge on any atom is -0.298 e. The van der Waals surface area contributed by atoms with Gasteiger partial charge < -0.3 is 0 Å². The highest BCUT2D eigenvalue weighted by Gasteiger charge is 2.19. The molecule has 1 aromatic carbocycles. The minimum absolute atomic E-state index is 0.389. The van der Waals surface area contributed by atoms with Crippen LogP contribution in [0.25, 0.3) is 0 Å². The van der Waals surface area contributed by atoms with Crippen molar-refractivity contribution in [3.63, 3.8) is 0 Å². The Hall–Kier alpha value is -1.49. The van der Waals surface area contributed by atoms with Crippen LogP contribution in [0, 0.1) is 27.8 Å². The van der Waals surface area contributed by atoms with Crippen molar-refractivity contribution in [2.45, 2.75) is 34.2 Å². The van der Waals surface area contributed by atoms with Gasteiger partial charge in [-0.05, 0) is 11.8 Å². The number of nitrogens with zero attached hydrogens (tertiary/aromatic N) is 2. The first-order chi connectivity index (χ1) is 9.31. The maximum atomic E-state index is 14.1. The number of benzene rings is 1. The Kier molecular flexibility index (Phi) is 6.07. The van der Waals surface area contributed by atoms with Crippen LogP contribution in [0.5, 0.6) is 0 Å². The van der Waals surface area contributed by atoms with E-state index in [1.807, 2.05) is 0 Å². The van der Waals surface area contributed by atoms with E-state index < -0.39 is 16.4 Å². The molecule has 5 heteroatoms. The summed E-state index contributed by atoms with van der Waals surface area (Å²) in [4.78, 5) is 12.2. The molecule has 0 saturated carbocycles. The van der Waals surface area contributed by atoms with Gasteiger partial charge in [-0.1, -0.05) is 39.8 Å². The van der Waals surface area contributed by atoms with Gasteiger partial charge in [-0.15, -0.1) is 0 Å². The van der Waals surface area contributed by atoms with Crippen molar-refractivity contribution in [3.8, 4) is 0 Å². The van der Waals surface area contributed by atoms with Gasteiger partial charge in [-0.3, -0.25) is 15.0 Å². The van der Waals surface area contributed by atoms with Crippen molar-refractivity contribution in [3.05, 3.63) is 39.7 Å². The van der Waals surface area contributed by atoms with E-state index in [1.54, 1.807) is 12.1 Å². The van der Waals surface area contributed by atoms with Crippen molar-refractivity contribution in [2.75, 3.05) is 13.1 Å². The molecule has 0 aliphatic carbocycles. The first-order valence-corrected chi connectivity index (χ1v) is 6.95. The average molecular weight is 282 g/mol. The maximum absolute atomic E-state index is 14.1. The summed E-state index contributed by atoms with van der Waals surface area (Å²) in [6.45, 7) is 10.5. The van der Waals surface area contributed by atoms with Crippen LogP contribution in [-0.4, -0.2) is 22.9 Å². The van der Waals surface area contributed by atoms with E-state index in [0.717, 1.165) is 13.1 Å². The zero-order valence-electron chi connectivity index (χ0n) is 12.6. The standard InChI is InChI=1S/C15H23FN2O2/c1-11(2)8-17(9-12(3)4)10-13-6-5-7-14(15(13)16)18(19)20/h5-7,11-12H,8-10H2,1-4H3. The van der Waals surface area contributed by atoms with E-state index in [9.17, 15) is 14.5 Å². The highest BCUT2D eigenvalue weighted by Crippen LogP contribution is 2.22. The second kappa shape index (κ2) is 7.33. The smallest absolute Gasteiger partial charge is 0.298 e. The van der Waals surface area contributed by atoms with Gasteiger partial charge >= 0.3 is 5.69 Å². The van der Waals surface area contributed by atoms with Crippen LogP contribution in [0.4, 0.5) is 10.1 Å². The van der Waals surface area contributed by atoms with E-state index in [-0.39, 0.29) is 0 Å². The summed E-state index contributed by atoms with van der Waals surface area (Å²) in [5, 5.41) is 10.8. The number of hydrogen-bond acceptors (Lipinski definition) is 3. The van der Waals surface area contributed by atoms with Gasteiger partial charge in [0.15, 0.2) is 0 Å². The molecular weight excluding hydrogens is 259 g/mol. The monoisotopic (exact) mass is 282 g/mol. The Morgan fingerprint density at radius 3 is 2.20 bits per heavy atom. The molecule has 0 fully saturated rings. The zero-order valence-corrected chi connectivity index (χ0v) is 12.6. The predicted molar refractivity (Wildman–Crippen MR) is 78.0 cm³/mol. The molecule has 0 unspecified atom stereocenters. The topological polar surface area (TPSA) is 46.4 Å². The summed E-state index contributed by atoms with van der Waals surface area (Å²) >= 11 is 0. The second-order valence-electron chi connectivity index (χ2n) is 5.99. The maximum Gasteiger partial charge on any atom is 0.305 e. The van der Waals surface area contributed by atoms with Gasteiger partial charge in [-0.25, -0.2) is 0 Å². The molecular formula is C15H23FN2O2. The largest absolute Gasteiger partial charge is 0.305 e. The quantitative estimate of drug-likeness (QED) is 0.563. The lowest BCUT2D eigenvalue weighted by molar-refractivity contribution is -0.387. The number of nitro groups is 1. The Balaban J connectivity index is 2.92. The van der Waals surface area contributed by atoms with Gasteiger partial charge in [0.2, 0.25) is 5.82 Å². The molecule has 0 amide bonds. The summed E-state index contributed by atoms with van der Waals surface area (Å²) in [7, 11) is 0. The molecule has 0 radical (unpaired) electrons. The highest BCUT2D eigenvalue weighted by molar-refractivity contribution is 5.36. The summed E-state index contributed by atoms with van der Waals surface area (Å²) < 4.78 is 14.1. The van der Waals surface area contributed by atoms with Crippen LogP contribution < -0.4 is 0 Å². The van der Waals surface area contributed by atoms with Crippen molar-refractivity contribution < 1.29 is 9.31 Å². The fourth-order valence-corrected chi connectivity index (χ4v) is 2.31. The number of hydrogen-bond donors (Lipinski definition) is 0. The molecule has 1 rings (SSSR count). The van der Waals surface area contributed by atoms with Crippen LogP contribution >= 0.6 is 0 Å². The molecule has 0 N–H and O–H groups in total. The predicted octanol–water partition coefficient (Wildman–Crippen LogP) is 3.85. The lowest BCUT2D eigenvalue weighted by atomic mass is 10.1. The van der Waals surface area contributed by atoms with Crippen LogP contribution in [0.1, 0.15) is 33.3 Å². The van der Waals surface area contributed by atoms with Gasteiger partial charge in [0, 0.05) is 31.3 Å². The van der Waals surface area contributed by atoms with Crippen LogP contribution in [-0.2, 0) is 6.54 Å². The molecule has 0 aromatic heterocycles. The molecule has 0 saturated heterocycles. The Labute approximate surface area is 119 Å². The average Bonchev–Trinajstić information content (AvgIpc) is 2.29. The molecule has 112 valence electrons. The van der Waals surface area contributed by atoms with Crippen molar-refractivity contribution in [1.82, 2.24) is 4.90 Å². The lowest BCUT2D eigenvalue weighted by Crippen LogP contribution is -2.31. The van der Waals surface area contributed by atoms with Gasteiger partial charge in [0.05, 0.1) is 4.92 Å². The molecule has 0 aliphatic rings. The molecule has 0 spiro atoms. The molecule has 1 aromatic rings. The summed E-state index contributed by atoms with van der Waals surface area (Å²) in [5.74, 6) is 0.223. The summed E-state index contributed by atoms with van der Waals surface area (Å²) in [5.41, 5.74) is -0.0583. The minimum atomic E-state index is -0.713. The van der Waals surface area contributed by atoms with Crippen LogP contribution in [0.15, 0.2) is 18.2 Å². The molecule has 4 nitrogen and oxygen atoms in total. The fraction of sp³-hybridized carbons (Fsp3) is 0.600.